The van der Waals surface area contributed by atoms with E-state index in [1.54, 1.807) is 31.2 Å². The first-order valence-corrected chi connectivity index (χ1v) is 28.9. The first kappa shape index (κ1) is 53.9. The number of ether oxygens (including phenoxy) is 4. The fraction of sp³-hybridized carbons (Fsp3) is 0.677. The van der Waals surface area contributed by atoms with Gasteiger partial charge < -0.3 is 60.0 Å². The summed E-state index contributed by atoms with van der Waals surface area (Å²) in [4.78, 5) is 30.1. The highest BCUT2D eigenvalue weighted by molar-refractivity contribution is 5.94. The van der Waals surface area contributed by atoms with Crippen LogP contribution in [0.1, 0.15) is 126 Å². The number of carbonyl (C=O) groups is 2. The van der Waals surface area contributed by atoms with Crippen LogP contribution in [0.3, 0.4) is 0 Å². The minimum absolute atomic E-state index is 0.0166. The van der Waals surface area contributed by atoms with E-state index < -0.39 is 54.3 Å². The van der Waals surface area contributed by atoms with Gasteiger partial charge in [0.15, 0.2) is 23.7 Å². The number of hydrogen-bond donors (Lipinski definition) is 8. The summed E-state index contributed by atoms with van der Waals surface area (Å²) < 4.78 is 24.5. The molecule has 2 aliphatic heterocycles. The second kappa shape index (κ2) is 21.2. The van der Waals surface area contributed by atoms with Crippen molar-refractivity contribution in [1.82, 2.24) is 5.32 Å². The Morgan fingerprint density at radius 2 is 1.78 bits per heavy atom. The molecular weight excluding hydrogens is 967 g/mol. The van der Waals surface area contributed by atoms with Gasteiger partial charge in [0.05, 0.1) is 25.4 Å². The molecule has 414 valence electrons. The van der Waals surface area contributed by atoms with Crippen molar-refractivity contribution in [3.8, 4) is 11.5 Å². The molecular formula is C62H83NO13. The third kappa shape index (κ3) is 9.00. The average molecular weight is 1050 g/mol. The number of carbonyl (C=O) groups excluding carboxylic acids is 2. The van der Waals surface area contributed by atoms with Crippen LogP contribution in [0.2, 0.25) is 0 Å². The van der Waals surface area contributed by atoms with Crippen LogP contribution in [0.25, 0.3) is 6.08 Å². The number of nitrogens with one attached hydrogen (secondary N) is 1. The summed E-state index contributed by atoms with van der Waals surface area (Å²) in [5, 5.41) is 82.2. The molecule has 1 saturated heterocycles. The van der Waals surface area contributed by atoms with Crippen LogP contribution >= 0.6 is 0 Å². The van der Waals surface area contributed by atoms with Gasteiger partial charge in [-0.3, -0.25) is 4.79 Å². The molecule has 0 amide bonds. The average Bonchev–Trinajstić information content (AvgIpc) is 3.55. The minimum atomic E-state index is -2.36. The zero-order chi connectivity index (χ0) is 53.4. The molecule has 11 aliphatic rings. The van der Waals surface area contributed by atoms with Gasteiger partial charge in [-0.15, -0.1) is 0 Å². The number of methoxy groups -OCH3 is 1. The number of hydrogen-bond acceptors (Lipinski definition) is 14. The van der Waals surface area contributed by atoms with Gasteiger partial charge in [-0.05, 0) is 194 Å². The quantitative estimate of drug-likeness (QED) is 0.0499. The van der Waals surface area contributed by atoms with Gasteiger partial charge in [0.2, 0.25) is 5.79 Å². The molecule has 21 atom stereocenters. The number of benzene rings is 2. The third-order valence-electron chi connectivity index (χ3n) is 21.5. The van der Waals surface area contributed by atoms with E-state index >= 15 is 4.79 Å². The van der Waals surface area contributed by atoms with Crippen molar-refractivity contribution in [2.75, 3.05) is 26.9 Å². The summed E-state index contributed by atoms with van der Waals surface area (Å²) in [5.74, 6) is -0.954. The molecule has 7 fully saturated rings. The van der Waals surface area contributed by atoms with Crippen LogP contribution in [0, 0.1) is 70.0 Å². The molecule has 2 heterocycles. The molecule has 0 radical (unpaired) electrons. The highest BCUT2D eigenvalue weighted by Crippen LogP contribution is 2.79. The number of fused-ring (bicyclic) bond motifs is 4. The van der Waals surface area contributed by atoms with Crippen LogP contribution in [0.15, 0.2) is 66.3 Å². The largest absolute Gasteiger partial charge is 0.504 e. The van der Waals surface area contributed by atoms with Crippen LogP contribution in [0.5, 0.6) is 11.5 Å². The lowest BCUT2D eigenvalue weighted by Crippen LogP contribution is -2.72. The predicted octanol–water partition coefficient (Wildman–Crippen LogP) is 6.69. The van der Waals surface area contributed by atoms with Crippen molar-refractivity contribution in [1.29, 1.82) is 0 Å². The molecule has 76 heavy (non-hydrogen) atoms. The number of allylic oxidation sites excluding steroid dienone is 2. The van der Waals surface area contributed by atoms with Crippen molar-refractivity contribution in [2.24, 2.45) is 70.0 Å². The Bertz CT molecular complexity index is 2580. The highest BCUT2D eigenvalue weighted by atomic mass is 16.7. The number of phenolic OH excluding ortho intramolecular Hbond substituents is 1. The van der Waals surface area contributed by atoms with Crippen LogP contribution < -0.4 is 10.1 Å². The first-order chi connectivity index (χ1) is 36.5. The Kier molecular flexibility index (Phi) is 15.0. The van der Waals surface area contributed by atoms with Crippen LogP contribution in [0.4, 0.5) is 0 Å². The number of aromatic hydroxyl groups is 1. The van der Waals surface area contributed by atoms with Crippen LogP contribution in [-0.4, -0.2) is 123 Å². The van der Waals surface area contributed by atoms with Gasteiger partial charge in [0.25, 0.3) is 0 Å². The van der Waals surface area contributed by atoms with E-state index in [9.17, 15) is 40.5 Å². The van der Waals surface area contributed by atoms with E-state index in [-0.39, 0.29) is 96.2 Å². The van der Waals surface area contributed by atoms with E-state index in [1.807, 2.05) is 18.2 Å². The maximum Gasteiger partial charge on any atom is 0.334 e. The zero-order valence-electron chi connectivity index (χ0n) is 44.8. The number of phenols is 1. The molecule has 13 rings (SSSR count). The summed E-state index contributed by atoms with van der Waals surface area (Å²) in [7, 11) is 1.42. The molecule has 14 heteroatoms. The highest BCUT2D eigenvalue weighted by Gasteiger charge is 2.74. The van der Waals surface area contributed by atoms with Crippen molar-refractivity contribution in [3.63, 3.8) is 0 Å². The molecule has 9 aliphatic carbocycles. The summed E-state index contributed by atoms with van der Waals surface area (Å²) in [6.45, 7) is 6.40. The van der Waals surface area contributed by atoms with E-state index in [1.165, 1.54) is 38.5 Å². The topological polar surface area (TPSA) is 225 Å². The molecule has 2 aromatic rings. The SMILES string of the molecule is COc1cc(C=C(CC2c3cc(CCO)ccc3CCC2CO)C(=O)OC2C(OC(=O)CCC3C4C=CC56CC7CCCC(C)C7C7CCC35C(CCC6C4C)C7O)C(O)C3OC2(O)C=CC3NCC(C)O)ccc1O. The van der Waals surface area contributed by atoms with Crippen molar-refractivity contribution < 1.29 is 64.3 Å². The lowest BCUT2D eigenvalue weighted by molar-refractivity contribution is -0.333. The summed E-state index contributed by atoms with van der Waals surface area (Å²) in [6.07, 6.45) is 13.8. The van der Waals surface area contributed by atoms with Gasteiger partial charge in [-0.1, -0.05) is 75.6 Å². The Hall–Kier alpha value is -4.12. The Morgan fingerprint density at radius 1 is 0.961 bits per heavy atom. The lowest BCUT2D eigenvalue weighted by Gasteiger charge is -2.77. The van der Waals surface area contributed by atoms with Gasteiger partial charge in [-0.25, -0.2) is 4.79 Å². The van der Waals surface area contributed by atoms with Crippen LogP contribution in [-0.2, 0) is 36.6 Å². The number of aliphatic hydroxyl groups is 6. The van der Waals surface area contributed by atoms with Crippen molar-refractivity contribution >= 4 is 18.0 Å². The number of aliphatic hydroxyl groups excluding tert-OH is 5. The molecule has 21 unspecified atom stereocenters. The molecule has 2 spiro atoms. The van der Waals surface area contributed by atoms with Crippen molar-refractivity contribution in [2.45, 2.75) is 165 Å². The van der Waals surface area contributed by atoms with Gasteiger partial charge >= 0.3 is 11.9 Å². The predicted molar refractivity (Wildman–Crippen MR) is 283 cm³/mol. The Labute approximate surface area is 448 Å². The van der Waals surface area contributed by atoms with Gasteiger partial charge in [0.1, 0.15) is 12.2 Å². The molecule has 8 bridgehead atoms. The van der Waals surface area contributed by atoms with Crippen molar-refractivity contribution in [3.05, 3.63) is 88.5 Å². The third-order valence-corrected chi connectivity index (χ3v) is 21.5. The zero-order valence-corrected chi connectivity index (χ0v) is 44.8. The molecule has 14 nitrogen and oxygen atoms in total. The maximum atomic E-state index is 15.2. The fourth-order valence-electron chi connectivity index (χ4n) is 18.4. The number of aryl methyl sites for hydroxylation is 1. The van der Waals surface area contributed by atoms with E-state index in [0.29, 0.717) is 60.3 Å². The summed E-state index contributed by atoms with van der Waals surface area (Å²) >= 11 is 0. The van der Waals surface area contributed by atoms with Gasteiger partial charge in [-0.2, -0.15) is 0 Å². The molecule has 2 aromatic carbocycles. The van der Waals surface area contributed by atoms with E-state index in [0.717, 1.165) is 55.2 Å². The second-order valence-electron chi connectivity index (χ2n) is 25.1. The molecule has 8 N–H and O–H groups in total. The summed E-state index contributed by atoms with van der Waals surface area (Å²) in [6, 6.07) is 9.99. The van der Waals surface area contributed by atoms with E-state index in [2.05, 4.69) is 31.3 Å². The maximum absolute atomic E-state index is 15.2. The normalized spacial score (nSPS) is 42.0. The molecule has 6 saturated carbocycles. The Balaban J connectivity index is 0.912. The fourth-order valence-corrected chi connectivity index (χ4v) is 18.4. The monoisotopic (exact) mass is 1050 g/mol. The first-order valence-electron chi connectivity index (χ1n) is 28.9. The lowest BCUT2D eigenvalue weighted by atomic mass is 9.28. The number of rotatable bonds is 16. The van der Waals surface area contributed by atoms with Gasteiger partial charge in [0, 0.05) is 31.8 Å². The molecule has 0 aromatic heterocycles. The number of esters is 2. The second-order valence-corrected chi connectivity index (χ2v) is 25.1. The van der Waals surface area contributed by atoms with E-state index in [4.69, 9.17) is 18.9 Å². The standard InChI is InChI=1S/C62H83NO13/c1-33-6-5-7-39-30-60-22-18-42-35(3)46(60)13-14-48-54(69)43(53(33)39)19-23-61(48,60)47(42)15-17-52(68)74-57-55(70)56-49(63-31-34(2)66)20-24-62(72,76-56)58(57)75-59(71)41(26-37-9-16-50(67)51(28-37)73-4)29-45-40(32-65)12-11-38-10-8-36(21-25-64)27-44(38)45/h8-10,16,18,20,22,24,26-28,33-35,39-40,42-43,45-49,53-58,63-67,69-70,72H,5-7,11-15,17,19,21,23,25,29-32H2,1-4H3. The smallest absolute Gasteiger partial charge is 0.334 e. The summed E-state index contributed by atoms with van der Waals surface area (Å²) in [5.41, 5.74) is 3.34. The minimum Gasteiger partial charge on any atom is -0.504 e. The Morgan fingerprint density at radius 3 is 2.55 bits per heavy atom.